The van der Waals surface area contributed by atoms with E-state index in [1.54, 1.807) is 18.6 Å². The first-order chi connectivity index (χ1) is 9.24. The zero-order valence-corrected chi connectivity index (χ0v) is 10.3. The van der Waals surface area contributed by atoms with Crippen molar-refractivity contribution >= 4 is 16.6 Å². The molecule has 94 valence electrons. The summed E-state index contributed by atoms with van der Waals surface area (Å²) >= 11 is 0. The standard InChI is InChI=1S/C15H13N3O/c16-13-10-18(8-6-15(13)19)9-11-5-7-17-14-4-2-1-3-12(11)14/h1-8,10H,9,16H2. The van der Waals surface area contributed by atoms with E-state index in [9.17, 15) is 4.79 Å². The van der Waals surface area contributed by atoms with E-state index in [0.29, 0.717) is 6.54 Å². The topological polar surface area (TPSA) is 60.9 Å². The molecular weight excluding hydrogens is 238 g/mol. The molecule has 3 rings (SSSR count). The third-order valence-corrected chi connectivity index (χ3v) is 3.10. The average molecular weight is 251 g/mol. The minimum absolute atomic E-state index is 0.143. The van der Waals surface area contributed by atoms with Gasteiger partial charge in [-0.05, 0) is 17.7 Å². The van der Waals surface area contributed by atoms with Crippen LogP contribution in [0.5, 0.6) is 0 Å². The number of anilines is 1. The van der Waals surface area contributed by atoms with E-state index in [-0.39, 0.29) is 11.1 Å². The Kier molecular flexibility index (Phi) is 2.76. The number of aromatic nitrogens is 2. The van der Waals surface area contributed by atoms with Gasteiger partial charge in [-0.15, -0.1) is 0 Å². The van der Waals surface area contributed by atoms with Crippen molar-refractivity contribution in [1.82, 2.24) is 9.55 Å². The van der Waals surface area contributed by atoms with Crippen LogP contribution < -0.4 is 11.2 Å². The van der Waals surface area contributed by atoms with Gasteiger partial charge in [0.2, 0.25) is 5.43 Å². The van der Waals surface area contributed by atoms with E-state index in [4.69, 9.17) is 5.73 Å². The van der Waals surface area contributed by atoms with Crippen LogP contribution in [0.4, 0.5) is 5.69 Å². The lowest BCUT2D eigenvalue weighted by atomic mass is 10.1. The van der Waals surface area contributed by atoms with Gasteiger partial charge in [0.25, 0.3) is 0 Å². The monoisotopic (exact) mass is 251 g/mol. The van der Waals surface area contributed by atoms with Crippen molar-refractivity contribution in [2.45, 2.75) is 6.54 Å². The first-order valence-electron chi connectivity index (χ1n) is 6.02. The molecule has 3 aromatic rings. The van der Waals surface area contributed by atoms with Gasteiger partial charge in [-0.1, -0.05) is 18.2 Å². The number of para-hydroxylation sites is 1. The first-order valence-corrected chi connectivity index (χ1v) is 6.02. The number of pyridine rings is 2. The first kappa shape index (κ1) is 11.5. The van der Waals surface area contributed by atoms with Crippen molar-refractivity contribution in [3.8, 4) is 0 Å². The lowest BCUT2D eigenvalue weighted by molar-refractivity contribution is 0.795. The van der Waals surface area contributed by atoms with E-state index >= 15 is 0 Å². The average Bonchev–Trinajstić information content (AvgIpc) is 2.43. The van der Waals surface area contributed by atoms with E-state index < -0.39 is 0 Å². The van der Waals surface area contributed by atoms with Gasteiger partial charge < -0.3 is 10.3 Å². The molecule has 0 amide bonds. The molecule has 0 saturated heterocycles. The molecule has 2 heterocycles. The highest BCUT2D eigenvalue weighted by Crippen LogP contribution is 2.17. The predicted molar refractivity (Wildman–Crippen MR) is 76.0 cm³/mol. The van der Waals surface area contributed by atoms with Crippen molar-refractivity contribution in [1.29, 1.82) is 0 Å². The fraction of sp³-hybridized carbons (Fsp3) is 0.0667. The Morgan fingerprint density at radius 2 is 2.00 bits per heavy atom. The molecule has 0 aliphatic rings. The Morgan fingerprint density at radius 3 is 2.84 bits per heavy atom. The number of nitrogens with two attached hydrogens (primary N) is 1. The number of rotatable bonds is 2. The van der Waals surface area contributed by atoms with Crippen molar-refractivity contribution < 1.29 is 0 Å². The Bertz CT molecular complexity index is 787. The zero-order valence-electron chi connectivity index (χ0n) is 10.3. The summed E-state index contributed by atoms with van der Waals surface area (Å²) in [6, 6.07) is 11.5. The van der Waals surface area contributed by atoms with Crippen LogP contribution in [0.15, 0.2) is 59.8 Å². The lowest BCUT2D eigenvalue weighted by Gasteiger charge is -2.09. The Morgan fingerprint density at radius 1 is 1.16 bits per heavy atom. The molecule has 4 nitrogen and oxygen atoms in total. The normalized spacial score (nSPS) is 10.7. The molecule has 0 bridgehead atoms. The van der Waals surface area contributed by atoms with Crippen LogP contribution in [0.3, 0.4) is 0 Å². The summed E-state index contributed by atoms with van der Waals surface area (Å²) in [4.78, 5) is 15.6. The molecule has 2 N–H and O–H groups in total. The number of fused-ring (bicyclic) bond motifs is 1. The van der Waals surface area contributed by atoms with E-state index in [1.807, 2.05) is 34.9 Å². The van der Waals surface area contributed by atoms with Gasteiger partial charge in [0.05, 0.1) is 11.2 Å². The molecule has 0 spiro atoms. The minimum atomic E-state index is -0.143. The van der Waals surface area contributed by atoms with Gasteiger partial charge in [-0.3, -0.25) is 9.78 Å². The molecule has 0 atom stereocenters. The number of nitrogen functional groups attached to an aromatic ring is 1. The van der Waals surface area contributed by atoms with Crippen LogP contribution >= 0.6 is 0 Å². The number of nitrogens with zero attached hydrogens (tertiary/aromatic N) is 2. The van der Waals surface area contributed by atoms with Crippen LogP contribution in [0.25, 0.3) is 10.9 Å². The Labute approximate surface area is 110 Å². The Balaban J connectivity index is 2.05. The van der Waals surface area contributed by atoms with Crippen molar-refractivity contribution in [3.63, 3.8) is 0 Å². The second kappa shape index (κ2) is 4.57. The summed E-state index contributed by atoms with van der Waals surface area (Å²) in [7, 11) is 0. The number of benzene rings is 1. The summed E-state index contributed by atoms with van der Waals surface area (Å²) < 4.78 is 1.90. The quantitative estimate of drug-likeness (QED) is 0.758. The van der Waals surface area contributed by atoms with Gasteiger partial charge >= 0.3 is 0 Å². The van der Waals surface area contributed by atoms with Gasteiger partial charge in [-0.25, -0.2) is 0 Å². The SMILES string of the molecule is Nc1cn(Cc2ccnc3ccccc23)ccc1=O. The van der Waals surface area contributed by atoms with Gasteiger partial charge in [0.1, 0.15) is 0 Å². The molecular formula is C15H13N3O. The minimum Gasteiger partial charge on any atom is -0.394 e. The van der Waals surface area contributed by atoms with Crippen LogP contribution in [-0.2, 0) is 6.54 Å². The number of hydrogen-bond donors (Lipinski definition) is 1. The Hall–Kier alpha value is -2.62. The third kappa shape index (κ3) is 2.20. The van der Waals surface area contributed by atoms with Crippen LogP contribution in [0, 0.1) is 0 Å². The molecule has 0 saturated carbocycles. The summed E-state index contributed by atoms with van der Waals surface area (Å²) in [6.45, 7) is 0.660. The smallest absolute Gasteiger partial charge is 0.204 e. The van der Waals surface area contributed by atoms with E-state index in [0.717, 1.165) is 16.5 Å². The molecule has 19 heavy (non-hydrogen) atoms. The maximum absolute atomic E-state index is 11.3. The predicted octanol–water partition coefficient (Wildman–Crippen LogP) is 2.03. The highest BCUT2D eigenvalue weighted by Gasteiger charge is 2.02. The van der Waals surface area contributed by atoms with Crippen molar-refractivity contribution in [3.05, 3.63) is 70.8 Å². The maximum atomic E-state index is 11.3. The van der Waals surface area contributed by atoms with E-state index in [1.165, 1.54) is 6.07 Å². The summed E-state index contributed by atoms with van der Waals surface area (Å²) in [5.41, 5.74) is 7.88. The largest absolute Gasteiger partial charge is 0.394 e. The summed E-state index contributed by atoms with van der Waals surface area (Å²) in [6.07, 6.45) is 5.20. The molecule has 1 aromatic carbocycles. The van der Waals surface area contributed by atoms with Crippen LogP contribution in [0.2, 0.25) is 0 Å². The molecule has 0 fully saturated rings. The molecule has 0 unspecified atom stereocenters. The maximum Gasteiger partial charge on any atom is 0.204 e. The van der Waals surface area contributed by atoms with Crippen molar-refractivity contribution in [2.75, 3.05) is 5.73 Å². The fourth-order valence-electron chi connectivity index (χ4n) is 2.13. The number of hydrogen-bond acceptors (Lipinski definition) is 3. The van der Waals surface area contributed by atoms with Gasteiger partial charge in [-0.2, -0.15) is 0 Å². The summed E-state index contributed by atoms with van der Waals surface area (Å²) in [5.74, 6) is 0. The molecule has 2 aromatic heterocycles. The zero-order chi connectivity index (χ0) is 13.2. The molecule has 0 aliphatic carbocycles. The highest BCUT2D eigenvalue weighted by molar-refractivity contribution is 5.81. The lowest BCUT2D eigenvalue weighted by Crippen LogP contribution is -2.11. The van der Waals surface area contributed by atoms with Gasteiger partial charge in [0.15, 0.2) is 0 Å². The fourth-order valence-corrected chi connectivity index (χ4v) is 2.13. The highest BCUT2D eigenvalue weighted by atomic mass is 16.1. The second-order valence-electron chi connectivity index (χ2n) is 4.42. The molecule has 4 heteroatoms. The second-order valence-corrected chi connectivity index (χ2v) is 4.42. The van der Waals surface area contributed by atoms with E-state index in [2.05, 4.69) is 4.98 Å². The summed E-state index contributed by atoms with van der Waals surface area (Å²) in [5, 5.41) is 1.11. The van der Waals surface area contributed by atoms with Crippen molar-refractivity contribution in [2.24, 2.45) is 0 Å². The van der Waals surface area contributed by atoms with Crippen LogP contribution in [-0.4, -0.2) is 9.55 Å². The molecule has 0 aliphatic heterocycles. The van der Waals surface area contributed by atoms with Crippen LogP contribution in [0.1, 0.15) is 5.56 Å². The third-order valence-electron chi connectivity index (χ3n) is 3.10. The van der Waals surface area contributed by atoms with Gasteiger partial charge in [0, 0.05) is 36.6 Å². The molecule has 0 radical (unpaired) electrons.